The Morgan fingerprint density at radius 1 is 1.22 bits per heavy atom. The van der Waals surface area contributed by atoms with Crippen LogP contribution in [0, 0.1) is 6.92 Å². The fourth-order valence-electron chi connectivity index (χ4n) is 1.69. The van der Waals surface area contributed by atoms with Crippen molar-refractivity contribution < 1.29 is 0 Å². The van der Waals surface area contributed by atoms with Crippen LogP contribution in [0.3, 0.4) is 0 Å². The van der Waals surface area contributed by atoms with Crippen LogP contribution in [-0.2, 0) is 6.54 Å². The molecule has 0 aliphatic rings. The Bertz CT molecular complexity index is 623. The molecule has 90 valence electrons. The number of nitrogens with one attached hydrogen (secondary N) is 1. The van der Waals surface area contributed by atoms with Gasteiger partial charge in [-0.3, -0.25) is 4.98 Å². The molecule has 3 aromatic heterocycles. The quantitative estimate of drug-likeness (QED) is 0.760. The van der Waals surface area contributed by atoms with Crippen molar-refractivity contribution in [2.24, 2.45) is 0 Å². The Morgan fingerprint density at radius 2 is 2.17 bits per heavy atom. The van der Waals surface area contributed by atoms with Crippen LogP contribution < -0.4 is 5.32 Å². The first-order valence-corrected chi connectivity index (χ1v) is 5.78. The monoisotopic (exact) mass is 239 g/mol. The fourth-order valence-corrected chi connectivity index (χ4v) is 1.69. The van der Waals surface area contributed by atoms with E-state index in [-0.39, 0.29) is 0 Å². The summed E-state index contributed by atoms with van der Waals surface area (Å²) in [5.41, 5.74) is 2.96. The standard InChI is InChI=1S/C13H13N5/c1-10-5-6-11(8-14-10)9-15-13-16-12-4-2-3-7-18(12)17-13/h2-8H,9H2,1H3,(H,15,17). The van der Waals surface area contributed by atoms with Gasteiger partial charge in [0.2, 0.25) is 5.95 Å². The van der Waals surface area contributed by atoms with Crippen molar-refractivity contribution in [1.82, 2.24) is 19.6 Å². The molecule has 5 heteroatoms. The second-order valence-corrected chi connectivity index (χ2v) is 4.10. The number of hydrogen-bond acceptors (Lipinski definition) is 4. The van der Waals surface area contributed by atoms with Crippen LogP contribution in [0.25, 0.3) is 5.65 Å². The minimum atomic E-state index is 0.627. The summed E-state index contributed by atoms with van der Waals surface area (Å²) in [6.45, 7) is 2.64. The lowest BCUT2D eigenvalue weighted by Crippen LogP contribution is -2.01. The Kier molecular flexibility index (Phi) is 2.64. The van der Waals surface area contributed by atoms with E-state index in [9.17, 15) is 0 Å². The van der Waals surface area contributed by atoms with E-state index in [0.717, 1.165) is 16.9 Å². The molecule has 0 aromatic carbocycles. The fraction of sp³-hybridized carbons (Fsp3) is 0.154. The van der Waals surface area contributed by atoms with Crippen LogP contribution in [-0.4, -0.2) is 19.6 Å². The van der Waals surface area contributed by atoms with Gasteiger partial charge in [0.25, 0.3) is 0 Å². The summed E-state index contributed by atoms with van der Waals surface area (Å²) in [5.74, 6) is 0.627. The molecule has 0 atom stereocenters. The number of pyridine rings is 2. The van der Waals surface area contributed by atoms with Crippen LogP contribution in [0.2, 0.25) is 0 Å². The van der Waals surface area contributed by atoms with E-state index in [0.29, 0.717) is 12.5 Å². The SMILES string of the molecule is Cc1ccc(CNc2nc3ccccn3n2)cn1. The van der Waals surface area contributed by atoms with Crippen LogP contribution >= 0.6 is 0 Å². The molecular weight excluding hydrogens is 226 g/mol. The molecular formula is C13H13N5. The summed E-state index contributed by atoms with van der Waals surface area (Å²) in [7, 11) is 0. The van der Waals surface area contributed by atoms with Gasteiger partial charge in [-0.15, -0.1) is 5.10 Å². The molecule has 3 heterocycles. The zero-order chi connectivity index (χ0) is 12.4. The summed E-state index contributed by atoms with van der Waals surface area (Å²) in [6, 6.07) is 9.83. The van der Waals surface area contributed by atoms with Gasteiger partial charge in [0.1, 0.15) is 0 Å². The highest BCUT2D eigenvalue weighted by Crippen LogP contribution is 2.06. The molecule has 0 amide bonds. The second-order valence-electron chi connectivity index (χ2n) is 4.10. The topological polar surface area (TPSA) is 55.1 Å². The molecule has 1 N–H and O–H groups in total. The van der Waals surface area contributed by atoms with E-state index in [1.165, 1.54) is 0 Å². The Morgan fingerprint density at radius 3 is 2.94 bits per heavy atom. The third-order valence-electron chi connectivity index (χ3n) is 2.66. The van der Waals surface area contributed by atoms with E-state index in [1.54, 1.807) is 4.52 Å². The van der Waals surface area contributed by atoms with Gasteiger partial charge in [0.15, 0.2) is 5.65 Å². The highest BCUT2D eigenvalue weighted by atomic mass is 15.3. The van der Waals surface area contributed by atoms with Gasteiger partial charge >= 0.3 is 0 Å². The molecule has 0 spiro atoms. The number of aryl methyl sites for hydroxylation is 1. The number of aromatic nitrogens is 4. The number of nitrogens with zero attached hydrogens (tertiary/aromatic N) is 4. The molecule has 3 aromatic rings. The van der Waals surface area contributed by atoms with Crippen molar-refractivity contribution in [2.75, 3.05) is 5.32 Å². The van der Waals surface area contributed by atoms with Gasteiger partial charge in [-0.25, -0.2) is 4.52 Å². The Balaban J connectivity index is 1.74. The third-order valence-corrected chi connectivity index (χ3v) is 2.66. The van der Waals surface area contributed by atoms with Gasteiger partial charge in [0, 0.05) is 24.6 Å². The lowest BCUT2D eigenvalue weighted by molar-refractivity contribution is 0.948. The molecule has 3 rings (SSSR count). The van der Waals surface area contributed by atoms with Crippen molar-refractivity contribution in [3.05, 3.63) is 54.0 Å². The summed E-state index contributed by atoms with van der Waals surface area (Å²) in [4.78, 5) is 8.61. The highest BCUT2D eigenvalue weighted by molar-refractivity contribution is 5.43. The van der Waals surface area contributed by atoms with Crippen molar-refractivity contribution in [3.63, 3.8) is 0 Å². The van der Waals surface area contributed by atoms with Gasteiger partial charge in [0.05, 0.1) is 0 Å². The van der Waals surface area contributed by atoms with E-state index in [1.807, 2.05) is 49.6 Å². The van der Waals surface area contributed by atoms with Crippen molar-refractivity contribution in [3.8, 4) is 0 Å². The van der Waals surface area contributed by atoms with Crippen LogP contribution in [0.1, 0.15) is 11.3 Å². The first-order chi connectivity index (χ1) is 8.81. The van der Waals surface area contributed by atoms with E-state index in [2.05, 4.69) is 20.4 Å². The maximum atomic E-state index is 4.37. The maximum Gasteiger partial charge on any atom is 0.243 e. The third kappa shape index (κ3) is 2.15. The normalized spacial score (nSPS) is 10.7. The lowest BCUT2D eigenvalue weighted by Gasteiger charge is -2.01. The highest BCUT2D eigenvalue weighted by Gasteiger charge is 2.01. The smallest absolute Gasteiger partial charge is 0.243 e. The largest absolute Gasteiger partial charge is 0.349 e. The van der Waals surface area contributed by atoms with Crippen LogP contribution in [0.15, 0.2) is 42.7 Å². The van der Waals surface area contributed by atoms with Crippen molar-refractivity contribution >= 4 is 11.6 Å². The summed E-state index contributed by atoms with van der Waals surface area (Å²) >= 11 is 0. The van der Waals surface area contributed by atoms with Gasteiger partial charge in [-0.05, 0) is 30.7 Å². The first kappa shape index (κ1) is 10.7. The molecule has 0 radical (unpaired) electrons. The van der Waals surface area contributed by atoms with Gasteiger partial charge in [-0.2, -0.15) is 4.98 Å². The minimum absolute atomic E-state index is 0.627. The van der Waals surface area contributed by atoms with Crippen molar-refractivity contribution in [1.29, 1.82) is 0 Å². The average Bonchev–Trinajstić information content (AvgIpc) is 2.81. The first-order valence-electron chi connectivity index (χ1n) is 5.78. The van der Waals surface area contributed by atoms with E-state index < -0.39 is 0 Å². The molecule has 0 saturated carbocycles. The van der Waals surface area contributed by atoms with E-state index in [4.69, 9.17) is 0 Å². The second kappa shape index (κ2) is 4.44. The number of anilines is 1. The van der Waals surface area contributed by atoms with Crippen LogP contribution in [0.5, 0.6) is 0 Å². The van der Waals surface area contributed by atoms with Crippen LogP contribution in [0.4, 0.5) is 5.95 Å². The molecule has 0 aliphatic heterocycles. The zero-order valence-corrected chi connectivity index (χ0v) is 10.0. The predicted molar refractivity (Wildman–Crippen MR) is 69.3 cm³/mol. The predicted octanol–water partition coefficient (Wildman–Crippen LogP) is 2.04. The maximum absolute atomic E-state index is 4.37. The number of rotatable bonds is 3. The summed E-state index contributed by atoms with van der Waals surface area (Å²) in [5, 5.41) is 7.51. The Hall–Kier alpha value is -2.43. The molecule has 18 heavy (non-hydrogen) atoms. The Labute approximate surface area is 105 Å². The van der Waals surface area contributed by atoms with Gasteiger partial charge in [-0.1, -0.05) is 12.1 Å². The van der Waals surface area contributed by atoms with Gasteiger partial charge < -0.3 is 5.32 Å². The minimum Gasteiger partial charge on any atom is -0.349 e. The average molecular weight is 239 g/mol. The molecule has 0 saturated heterocycles. The van der Waals surface area contributed by atoms with Crippen molar-refractivity contribution in [2.45, 2.75) is 13.5 Å². The molecule has 0 fully saturated rings. The van der Waals surface area contributed by atoms with E-state index >= 15 is 0 Å². The number of hydrogen-bond donors (Lipinski definition) is 1. The lowest BCUT2D eigenvalue weighted by atomic mass is 10.2. The summed E-state index contributed by atoms with van der Waals surface area (Å²) in [6.07, 6.45) is 3.74. The summed E-state index contributed by atoms with van der Waals surface area (Å²) < 4.78 is 1.75. The molecule has 0 bridgehead atoms. The number of fused-ring (bicyclic) bond motifs is 1. The molecule has 0 aliphatic carbocycles. The molecule has 5 nitrogen and oxygen atoms in total. The molecule has 0 unspecified atom stereocenters. The zero-order valence-electron chi connectivity index (χ0n) is 10.0.